The van der Waals surface area contributed by atoms with Crippen molar-refractivity contribution in [1.82, 2.24) is 4.57 Å². The van der Waals surface area contributed by atoms with Crippen LogP contribution in [-0.2, 0) is 0 Å². The van der Waals surface area contributed by atoms with Crippen LogP contribution in [0.15, 0.2) is 253 Å². The van der Waals surface area contributed by atoms with Gasteiger partial charge in [0.25, 0.3) is 0 Å². The molecule has 2 heterocycles. The topological polar surface area (TPSA) is 18.1 Å². The highest BCUT2D eigenvalue weighted by molar-refractivity contribution is 7.20. The van der Waals surface area contributed by atoms with Gasteiger partial charge in [0, 0.05) is 32.7 Å². The Morgan fingerprint density at radius 1 is 0.286 bits per heavy atom. The molecule has 296 valence electrons. The number of nitrogens with zero attached hydrogens (tertiary/aromatic N) is 1. The largest absolute Gasteiger partial charge is 0.456 e. The van der Waals surface area contributed by atoms with Crippen molar-refractivity contribution in [3.05, 3.63) is 249 Å². The number of aromatic nitrogens is 1. The first-order chi connectivity index (χ1) is 31.3. The average Bonchev–Trinajstić information content (AvgIpc) is 3.89. The van der Waals surface area contributed by atoms with Crippen LogP contribution in [0.2, 0.25) is 0 Å². The Balaban J connectivity index is 1.29. The van der Waals surface area contributed by atoms with Gasteiger partial charge < -0.3 is 8.98 Å². The summed E-state index contributed by atoms with van der Waals surface area (Å²) >= 11 is 0. The van der Waals surface area contributed by atoms with Crippen molar-refractivity contribution < 1.29 is 4.42 Å². The second-order valence-corrected chi connectivity index (χ2v) is 20.2. The molecular weight excluding hydrogens is 779 g/mol. The standard InChI is InChI=1S/C60H41NOSi/c1-7-21-42(22-8-1)45-35-36-50-54-41-59-55(51-33-19-20-34-58(51)62-59)40-57(54)61(56(50)37-45)60-52(43-23-9-2-10-24-43)38-49(39-53(60)44-25-11-3-12-26-44)63(46-27-13-4-14-28-46,47-29-15-5-16-30-47)48-31-17-6-18-32-48/h1-41H. The molecule has 0 N–H and O–H groups in total. The summed E-state index contributed by atoms with van der Waals surface area (Å²) in [6.45, 7) is 0. The van der Waals surface area contributed by atoms with E-state index in [0.717, 1.165) is 55.2 Å². The lowest BCUT2D eigenvalue weighted by Crippen LogP contribution is -2.74. The number of rotatable bonds is 8. The second-order valence-electron chi connectivity index (χ2n) is 16.4. The van der Waals surface area contributed by atoms with Gasteiger partial charge >= 0.3 is 0 Å². The first-order valence-electron chi connectivity index (χ1n) is 21.7. The van der Waals surface area contributed by atoms with E-state index >= 15 is 0 Å². The number of para-hydroxylation sites is 1. The quantitative estimate of drug-likeness (QED) is 0.110. The third kappa shape index (κ3) is 6.00. The predicted octanol–water partition coefficient (Wildman–Crippen LogP) is 13.1. The van der Waals surface area contributed by atoms with E-state index in [1.165, 1.54) is 48.4 Å². The minimum absolute atomic E-state index is 0.890. The van der Waals surface area contributed by atoms with E-state index in [9.17, 15) is 0 Å². The Hall–Kier alpha value is -7.98. The number of furan rings is 1. The predicted molar refractivity (Wildman–Crippen MR) is 268 cm³/mol. The smallest absolute Gasteiger partial charge is 0.179 e. The molecule has 0 unspecified atom stereocenters. The number of hydrogen-bond donors (Lipinski definition) is 0. The summed E-state index contributed by atoms with van der Waals surface area (Å²) < 4.78 is 9.14. The van der Waals surface area contributed by atoms with Gasteiger partial charge in [0.2, 0.25) is 0 Å². The summed E-state index contributed by atoms with van der Waals surface area (Å²) in [6.07, 6.45) is 0. The second kappa shape index (κ2) is 15.2. The summed E-state index contributed by atoms with van der Waals surface area (Å²) in [5, 5.41) is 9.89. The van der Waals surface area contributed by atoms with Gasteiger partial charge in [-0.1, -0.05) is 224 Å². The molecule has 0 spiro atoms. The zero-order valence-electron chi connectivity index (χ0n) is 34.5. The molecule has 0 aliphatic carbocycles. The highest BCUT2D eigenvalue weighted by Gasteiger charge is 2.42. The van der Waals surface area contributed by atoms with E-state index in [1.807, 2.05) is 0 Å². The van der Waals surface area contributed by atoms with Crippen molar-refractivity contribution >= 4 is 72.6 Å². The zero-order chi connectivity index (χ0) is 41.7. The van der Waals surface area contributed by atoms with Gasteiger partial charge in [-0.05, 0) is 67.3 Å². The van der Waals surface area contributed by atoms with E-state index in [4.69, 9.17) is 4.42 Å². The monoisotopic (exact) mass is 819 g/mol. The number of hydrogen-bond acceptors (Lipinski definition) is 1. The van der Waals surface area contributed by atoms with Gasteiger partial charge in [0.05, 0.1) is 16.7 Å². The molecule has 0 atom stereocenters. The highest BCUT2D eigenvalue weighted by atomic mass is 28.3. The molecule has 0 aliphatic rings. The van der Waals surface area contributed by atoms with Gasteiger partial charge in [-0.2, -0.15) is 0 Å². The van der Waals surface area contributed by atoms with Gasteiger partial charge in [0.1, 0.15) is 11.2 Å². The summed E-state index contributed by atoms with van der Waals surface area (Å²) in [5.41, 5.74) is 12.2. The molecule has 0 saturated heterocycles. The highest BCUT2D eigenvalue weighted by Crippen LogP contribution is 2.44. The summed E-state index contributed by atoms with van der Waals surface area (Å²) in [7, 11) is -2.98. The molecule has 0 amide bonds. The lowest BCUT2D eigenvalue weighted by molar-refractivity contribution is 0.669. The van der Waals surface area contributed by atoms with Crippen LogP contribution in [0.3, 0.4) is 0 Å². The SMILES string of the molecule is c1ccc(-c2ccc3c4cc5oc6ccccc6c5cc4n(-c4c(-c5ccccc5)cc([Si](c5ccccc5)(c5ccccc5)c5ccccc5)cc4-c4ccccc4)c3c2)cc1. The van der Waals surface area contributed by atoms with E-state index in [0.29, 0.717) is 0 Å². The fourth-order valence-electron chi connectivity index (χ4n) is 10.1. The zero-order valence-corrected chi connectivity index (χ0v) is 35.5. The Morgan fingerprint density at radius 2 is 0.746 bits per heavy atom. The van der Waals surface area contributed by atoms with Crippen LogP contribution in [0.25, 0.3) is 82.8 Å². The molecule has 0 saturated carbocycles. The molecule has 12 rings (SSSR count). The van der Waals surface area contributed by atoms with Crippen molar-refractivity contribution in [3.8, 4) is 39.1 Å². The molecule has 10 aromatic carbocycles. The first kappa shape index (κ1) is 36.8. The van der Waals surface area contributed by atoms with Crippen molar-refractivity contribution in [3.63, 3.8) is 0 Å². The van der Waals surface area contributed by atoms with Crippen LogP contribution in [0.4, 0.5) is 0 Å². The van der Waals surface area contributed by atoms with Crippen LogP contribution >= 0.6 is 0 Å². The molecular formula is C60H41NOSi. The van der Waals surface area contributed by atoms with Crippen molar-refractivity contribution in [1.29, 1.82) is 0 Å². The molecule has 0 radical (unpaired) electrons. The van der Waals surface area contributed by atoms with Crippen molar-refractivity contribution in [2.45, 2.75) is 0 Å². The van der Waals surface area contributed by atoms with E-state index in [1.54, 1.807) is 0 Å². The molecule has 12 aromatic rings. The van der Waals surface area contributed by atoms with Crippen LogP contribution in [0, 0.1) is 0 Å². The molecule has 0 fully saturated rings. The van der Waals surface area contributed by atoms with Crippen LogP contribution in [-0.4, -0.2) is 12.6 Å². The summed E-state index contributed by atoms with van der Waals surface area (Å²) in [6, 6.07) is 91.6. The van der Waals surface area contributed by atoms with Gasteiger partial charge in [0.15, 0.2) is 8.07 Å². The fourth-order valence-corrected chi connectivity index (χ4v) is 14.9. The minimum atomic E-state index is -2.98. The lowest BCUT2D eigenvalue weighted by Gasteiger charge is -2.36. The normalized spacial score (nSPS) is 11.8. The summed E-state index contributed by atoms with van der Waals surface area (Å²) in [4.78, 5) is 0. The van der Waals surface area contributed by atoms with Crippen molar-refractivity contribution in [2.75, 3.05) is 0 Å². The Bertz CT molecular complexity index is 3420. The minimum Gasteiger partial charge on any atom is -0.456 e. The first-order valence-corrected chi connectivity index (χ1v) is 23.7. The van der Waals surface area contributed by atoms with Crippen LogP contribution in [0.1, 0.15) is 0 Å². The molecule has 63 heavy (non-hydrogen) atoms. The van der Waals surface area contributed by atoms with Crippen LogP contribution < -0.4 is 20.7 Å². The molecule has 2 aromatic heterocycles. The van der Waals surface area contributed by atoms with E-state index in [2.05, 4.69) is 253 Å². The Morgan fingerprint density at radius 3 is 1.29 bits per heavy atom. The maximum Gasteiger partial charge on any atom is 0.179 e. The number of benzene rings is 10. The van der Waals surface area contributed by atoms with Gasteiger partial charge in [-0.15, -0.1) is 0 Å². The lowest BCUT2D eigenvalue weighted by atomic mass is 9.95. The van der Waals surface area contributed by atoms with Gasteiger partial charge in [-0.3, -0.25) is 0 Å². The van der Waals surface area contributed by atoms with Gasteiger partial charge in [-0.25, -0.2) is 0 Å². The van der Waals surface area contributed by atoms with E-state index in [-0.39, 0.29) is 0 Å². The third-order valence-electron chi connectivity index (χ3n) is 12.9. The number of fused-ring (bicyclic) bond motifs is 6. The Kier molecular flexibility index (Phi) is 8.87. The average molecular weight is 820 g/mol. The van der Waals surface area contributed by atoms with Crippen LogP contribution in [0.5, 0.6) is 0 Å². The maximum absolute atomic E-state index is 6.58. The van der Waals surface area contributed by atoms with Crippen molar-refractivity contribution in [2.24, 2.45) is 0 Å². The fraction of sp³-hybridized carbons (Fsp3) is 0. The molecule has 2 nitrogen and oxygen atoms in total. The summed E-state index contributed by atoms with van der Waals surface area (Å²) in [5.74, 6) is 0. The maximum atomic E-state index is 6.58. The molecule has 0 bridgehead atoms. The molecule has 3 heteroatoms. The molecule has 0 aliphatic heterocycles. The Labute approximate surface area is 367 Å². The third-order valence-corrected chi connectivity index (χ3v) is 17.7. The van der Waals surface area contributed by atoms with E-state index < -0.39 is 8.07 Å².